The Labute approximate surface area is 141 Å². The van der Waals surface area contributed by atoms with Crippen LogP contribution in [0.2, 0.25) is 0 Å². The van der Waals surface area contributed by atoms with E-state index in [4.69, 9.17) is 0 Å². The lowest BCUT2D eigenvalue weighted by Crippen LogP contribution is -2.10. The number of nitrogens with zero attached hydrogens (tertiary/aromatic N) is 6. The van der Waals surface area contributed by atoms with Gasteiger partial charge in [0, 0.05) is 29.7 Å². The van der Waals surface area contributed by atoms with Crippen molar-refractivity contribution in [2.45, 2.75) is 40.3 Å². The quantitative estimate of drug-likeness (QED) is 0.751. The van der Waals surface area contributed by atoms with Crippen LogP contribution in [0.4, 0.5) is 5.95 Å². The molecule has 0 atom stereocenters. The third kappa shape index (κ3) is 3.56. The maximum absolute atomic E-state index is 4.59. The van der Waals surface area contributed by atoms with Crippen LogP contribution in [-0.4, -0.2) is 29.7 Å². The first kappa shape index (κ1) is 16.0. The van der Waals surface area contributed by atoms with Crippen LogP contribution in [0.25, 0.3) is 11.3 Å². The molecular formula is C17H21N7. The van der Waals surface area contributed by atoms with Crippen LogP contribution in [0.5, 0.6) is 0 Å². The van der Waals surface area contributed by atoms with Crippen LogP contribution < -0.4 is 5.32 Å². The SMILES string of the molecule is CCCn1cnnc1CNc1nccc(-c2ccc(C)nc2C)n1. The summed E-state index contributed by atoms with van der Waals surface area (Å²) in [4.78, 5) is 13.4. The molecular weight excluding hydrogens is 302 g/mol. The van der Waals surface area contributed by atoms with Gasteiger partial charge in [0.05, 0.1) is 12.2 Å². The summed E-state index contributed by atoms with van der Waals surface area (Å²) in [5, 5.41) is 11.3. The first-order valence-electron chi connectivity index (χ1n) is 8.05. The molecule has 7 heteroatoms. The van der Waals surface area contributed by atoms with Gasteiger partial charge in [-0.05, 0) is 38.5 Å². The minimum atomic E-state index is 0.536. The first-order chi connectivity index (χ1) is 11.7. The van der Waals surface area contributed by atoms with Gasteiger partial charge < -0.3 is 9.88 Å². The summed E-state index contributed by atoms with van der Waals surface area (Å²) in [7, 11) is 0. The smallest absolute Gasteiger partial charge is 0.223 e. The van der Waals surface area contributed by atoms with Crippen molar-refractivity contribution in [3.8, 4) is 11.3 Å². The fourth-order valence-corrected chi connectivity index (χ4v) is 2.55. The van der Waals surface area contributed by atoms with Crippen LogP contribution in [0.3, 0.4) is 0 Å². The molecule has 3 rings (SSSR count). The highest BCUT2D eigenvalue weighted by Crippen LogP contribution is 2.21. The summed E-state index contributed by atoms with van der Waals surface area (Å²) < 4.78 is 2.03. The fourth-order valence-electron chi connectivity index (χ4n) is 2.55. The Morgan fingerprint density at radius 1 is 1.12 bits per heavy atom. The molecule has 7 nitrogen and oxygen atoms in total. The number of rotatable bonds is 6. The fraction of sp³-hybridized carbons (Fsp3) is 0.353. The van der Waals surface area contributed by atoms with E-state index in [9.17, 15) is 0 Å². The third-order valence-corrected chi connectivity index (χ3v) is 3.72. The van der Waals surface area contributed by atoms with Crippen molar-refractivity contribution in [2.24, 2.45) is 0 Å². The van der Waals surface area contributed by atoms with E-state index in [-0.39, 0.29) is 0 Å². The van der Waals surface area contributed by atoms with Crippen molar-refractivity contribution in [3.63, 3.8) is 0 Å². The molecule has 0 aliphatic heterocycles. The third-order valence-electron chi connectivity index (χ3n) is 3.72. The zero-order valence-electron chi connectivity index (χ0n) is 14.2. The second-order valence-electron chi connectivity index (χ2n) is 5.65. The summed E-state index contributed by atoms with van der Waals surface area (Å²) >= 11 is 0. The molecule has 24 heavy (non-hydrogen) atoms. The second-order valence-corrected chi connectivity index (χ2v) is 5.65. The average Bonchev–Trinajstić information content (AvgIpc) is 3.01. The lowest BCUT2D eigenvalue weighted by molar-refractivity contribution is 0.643. The molecule has 0 radical (unpaired) electrons. The maximum Gasteiger partial charge on any atom is 0.223 e. The first-order valence-corrected chi connectivity index (χ1v) is 8.05. The Balaban J connectivity index is 1.77. The van der Waals surface area contributed by atoms with Gasteiger partial charge in [-0.25, -0.2) is 9.97 Å². The number of nitrogens with one attached hydrogen (secondary N) is 1. The molecule has 3 heterocycles. The molecule has 0 amide bonds. The molecule has 3 aromatic rings. The Bertz CT molecular complexity index is 825. The van der Waals surface area contributed by atoms with Gasteiger partial charge in [-0.1, -0.05) is 6.92 Å². The van der Waals surface area contributed by atoms with Crippen LogP contribution in [0.15, 0.2) is 30.7 Å². The number of aromatic nitrogens is 6. The highest BCUT2D eigenvalue weighted by atomic mass is 15.3. The monoisotopic (exact) mass is 323 g/mol. The Kier molecular flexibility index (Phi) is 4.79. The number of anilines is 1. The normalized spacial score (nSPS) is 10.8. The Morgan fingerprint density at radius 3 is 2.79 bits per heavy atom. The van der Waals surface area contributed by atoms with Gasteiger partial charge in [-0.3, -0.25) is 4.98 Å². The standard InChI is InChI=1S/C17H21N7/c1-4-9-24-11-20-23-16(24)10-19-17-18-8-7-15(22-17)14-6-5-12(2)21-13(14)3/h5-8,11H,4,9-10H2,1-3H3,(H,18,19,22). The van der Waals surface area contributed by atoms with Crippen molar-refractivity contribution in [2.75, 3.05) is 5.32 Å². The van der Waals surface area contributed by atoms with Gasteiger partial charge in [-0.2, -0.15) is 0 Å². The Morgan fingerprint density at radius 2 is 2.00 bits per heavy atom. The summed E-state index contributed by atoms with van der Waals surface area (Å²) in [5.41, 5.74) is 3.83. The highest BCUT2D eigenvalue weighted by Gasteiger charge is 2.08. The van der Waals surface area contributed by atoms with Gasteiger partial charge in [0.2, 0.25) is 5.95 Å². The molecule has 0 saturated heterocycles. The predicted octanol–water partition coefficient (Wildman–Crippen LogP) is 2.77. The lowest BCUT2D eigenvalue weighted by Gasteiger charge is -2.09. The molecule has 0 spiro atoms. The molecule has 0 unspecified atom stereocenters. The van der Waals surface area contributed by atoms with E-state index in [1.54, 1.807) is 12.5 Å². The van der Waals surface area contributed by atoms with E-state index in [1.165, 1.54) is 0 Å². The van der Waals surface area contributed by atoms with Gasteiger partial charge in [-0.15, -0.1) is 10.2 Å². The zero-order valence-corrected chi connectivity index (χ0v) is 14.2. The summed E-state index contributed by atoms with van der Waals surface area (Å²) in [6.45, 7) is 7.54. The van der Waals surface area contributed by atoms with Gasteiger partial charge >= 0.3 is 0 Å². The molecule has 0 aromatic carbocycles. The molecule has 0 fully saturated rings. The van der Waals surface area contributed by atoms with E-state index in [2.05, 4.69) is 37.4 Å². The molecule has 124 valence electrons. The molecule has 1 N–H and O–H groups in total. The van der Waals surface area contributed by atoms with E-state index < -0.39 is 0 Å². The number of pyridine rings is 1. The van der Waals surface area contributed by atoms with E-state index in [0.717, 1.165) is 41.4 Å². The topological polar surface area (TPSA) is 81.4 Å². The minimum Gasteiger partial charge on any atom is -0.347 e. The second kappa shape index (κ2) is 7.16. The van der Waals surface area contributed by atoms with E-state index in [1.807, 2.05) is 36.6 Å². The average molecular weight is 323 g/mol. The molecule has 0 aliphatic rings. The predicted molar refractivity (Wildman–Crippen MR) is 92.4 cm³/mol. The largest absolute Gasteiger partial charge is 0.347 e. The van der Waals surface area contributed by atoms with E-state index >= 15 is 0 Å². The number of hydrogen-bond acceptors (Lipinski definition) is 6. The molecule has 0 aliphatic carbocycles. The van der Waals surface area contributed by atoms with Crippen molar-refractivity contribution < 1.29 is 0 Å². The van der Waals surface area contributed by atoms with Crippen molar-refractivity contribution in [1.82, 2.24) is 29.7 Å². The van der Waals surface area contributed by atoms with Crippen LogP contribution >= 0.6 is 0 Å². The van der Waals surface area contributed by atoms with Crippen LogP contribution in [-0.2, 0) is 13.1 Å². The van der Waals surface area contributed by atoms with Crippen molar-refractivity contribution >= 4 is 5.95 Å². The number of aryl methyl sites for hydroxylation is 3. The van der Waals surface area contributed by atoms with Gasteiger partial charge in [0.25, 0.3) is 0 Å². The summed E-state index contributed by atoms with van der Waals surface area (Å²) in [6.07, 6.45) is 4.54. The minimum absolute atomic E-state index is 0.536. The highest BCUT2D eigenvalue weighted by molar-refractivity contribution is 5.62. The zero-order chi connectivity index (χ0) is 16.9. The maximum atomic E-state index is 4.59. The van der Waals surface area contributed by atoms with Crippen LogP contribution in [0.1, 0.15) is 30.6 Å². The lowest BCUT2D eigenvalue weighted by atomic mass is 10.1. The number of hydrogen-bond donors (Lipinski definition) is 1. The van der Waals surface area contributed by atoms with Crippen molar-refractivity contribution in [3.05, 3.63) is 47.9 Å². The molecule has 0 saturated carbocycles. The Hall–Kier alpha value is -2.83. The van der Waals surface area contributed by atoms with E-state index in [0.29, 0.717) is 12.5 Å². The summed E-state index contributed by atoms with van der Waals surface area (Å²) in [5.74, 6) is 1.44. The van der Waals surface area contributed by atoms with Crippen molar-refractivity contribution in [1.29, 1.82) is 0 Å². The van der Waals surface area contributed by atoms with Gasteiger partial charge in [0.15, 0.2) is 5.82 Å². The van der Waals surface area contributed by atoms with Gasteiger partial charge in [0.1, 0.15) is 6.33 Å². The molecule has 0 bridgehead atoms. The summed E-state index contributed by atoms with van der Waals surface area (Å²) in [6, 6.07) is 5.93. The van der Waals surface area contributed by atoms with Crippen LogP contribution in [0, 0.1) is 13.8 Å². The molecule has 3 aromatic heterocycles.